The van der Waals surface area contributed by atoms with Crippen LogP contribution in [0.5, 0.6) is 0 Å². The Hall–Kier alpha value is -0.570. The lowest BCUT2D eigenvalue weighted by Crippen LogP contribution is -2.48. The van der Waals surface area contributed by atoms with Crippen LogP contribution in [0.3, 0.4) is 0 Å². The van der Waals surface area contributed by atoms with Crippen LogP contribution in [-0.4, -0.2) is 34.6 Å². The van der Waals surface area contributed by atoms with E-state index < -0.39 is 5.97 Å². The molecule has 0 aliphatic heterocycles. The van der Waals surface area contributed by atoms with Gasteiger partial charge in [0.1, 0.15) is 0 Å². The topological polar surface area (TPSA) is 40.5 Å². The molecule has 3 nitrogen and oxygen atoms in total. The van der Waals surface area contributed by atoms with Crippen LogP contribution in [0.25, 0.3) is 0 Å². The number of carbonyl (C=O) groups is 1. The third-order valence-electron chi connectivity index (χ3n) is 5.03. The summed E-state index contributed by atoms with van der Waals surface area (Å²) in [5, 5.41) is 9.52. The van der Waals surface area contributed by atoms with Crippen molar-refractivity contribution in [1.29, 1.82) is 0 Å². The van der Waals surface area contributed by atoms with E-state index in [0.29, 0.717) is 12.1 Å². The molecule has 0 radical (unpaired) electrons. The number of carboxylic acid groups (broad SMARTS) is 1. The van der Waals surface area contributed by atoms with Gasteiger partial charge >= 0.3 is 5.97 Å². The number of aliphatic carboxylic acids is 1. The fourth-order valence-electron chi connectivity index (χ4n) is 3.62. The molecule has 0 aromatic carbocycles. The zero-order chi connectivity index (χ0) is 13.8. The highest BCUT2D eigenvalue weighted by molar-refractivity contribution is 5.71. The lowest BCUT2D eigenvalue weighted by atomic mass is 9.76. The van der Waals surface area contributed by atoms with Gasteiger partial charge in [-0.05, 0) is 51.0 Å². The standard InChI is InChI=1S/C16H29NO2/c1-3-5-10-17(13-7-8-13)15-11-12(4-2)6-9-14(15)16(18)19/h12-15H,3-11H2,1-2H3,(H,18,19). The molecule has 0 saturated heterocycles. The van der Waals surface area contributed by atoms with E-state index in [1.54, 1.807) is 0 Å². The van der Waals surface area contributed by atoms with Crippen LogP contribution in [0.2, 0.25) is 0 Å². The first-order chi connectivity index (χ1) is 9.17. The molecule has 3 unspecified atom stereocenters. The molecule has 2 rings (SSSR count). The zero-order valence-electron chi connectivity index (χ0n) is 12.5. The van der Waals surface area contributed by atoms with E-state index >= 15 is 0 Å². The van der Waals surface area contributed by atoms with E-state index in [1.165, 1.54) is 32.1 Å². The Morgan fingerprint density at radius 3 is 2.47 bits per heavy atom. The minimum atomic E-state index is -0.568. The minimum absolute atomic E-state index is 0.125. The maximum Gasteiger partial charge on any atom is 0.308 e. The molecule has 1 N–H and O–H groups in total. The van der Waals surface area contributed by atoms with Crippen LogP contribution in [0.15, 0.2) is 0 Å². The molecule has 3 atom stereocenters. The second-order valence-corrected chi connectivity index (χ2v) is 6.42. The normalized spacial score (nSPS) is 31.6. The summed E-state index contributed by atoms with van der Waals surface area (Å²) >= 11 is 0. The molecule has 0 bridgehead atoms. The Kier molecular flexibility index (Phi) is 5.26. The summed E-state index contributed by atoms with van der Waals surface area (Å²) in [4.78, 5) is 14.1. The van der Waals surface area contributed by atoms with Crippen LogP contribution in [0.4, 0.5) is 0 Å². The van der Waals surface area contributed by atoms with E-state index in [1.807, 2.05) is 0 Å². The maximum atomic E-state index is 11.6. The summed E-state index contributed by atoms with van der Waals surface area (Å²) in [6.07, 6.45) is 9.26. The molecule has 0 aromatic rings. The van der Waals surface area contributed by atoms with Crippen molar-refractivity contribution in [1.82, 2.24) is 4.90 Å². The molecule has 2 aliphatic rings. The number of carboxylic acids is 1. The van der Waals surface area contributed by atoms with Crippen molar-refractivity contribution in [2.75, 3.05) is 6.54 Å². The molecule has 3 heteroatoms. The van der Waals surface area contributed by atoms with Crippen molar-refractivity contribution in [3.63, 3.8) is 0 Å². The smallest absolute Gasteiger partial charge is 0.308 e. The summed E-state index contributed by atoms with van der Waals surface area (Å²) in [6, 6.07) is 0.990. The molecule has 2 saturated carbocycles. The van der Waals surface area contributed by atoms with E-state index in [9.17, 15) is 9.90 Å². The maximum absolute atomic E-state index is 11.6. The van der Waals surface area contributed by atoms with E-state index in [4.69, 9.17) is 0 Å². The number of rotatable bonds is 7. The van der Waals surface area contributed by atoms with Crippen molar-refractivity contribution in [3.05, 3.63) is 0 Å². The largest absolute Gasteiger partial charge is 0.481 e. The van der Waals surface area contributed by atoms with Gasteiger partial charge in [-0.2, -0.15) is 0 Å². The Labute approximate surface area is 117 Å². The molecule has 0 aromatic heterocycles. The molecule has 0 spiro atoms. The van der Waals surface area contributed by atoms with Gasteiger partial charge in [0.2, 0.25) is 0 Å². The SMILES string of the molecule is CCCCN(C1CC1)C1CC(CC)CCC1C(=O)O. The van der Waals surface area contributed by atoms with Gasteiger partial charge in [0.15, 0.2) is 0 Å². The van der Waals surface area contributed by atoms with E-state index in [0.717, 1.165) is 31.7 Å². The first kappa shape index (κ1) is 14.8. The van der Waals surface area contributed by atoms with E-state index in [-0.39, 0.29) is 5.92 Å². The zero-order valence-corrected chi connectivity index (χ0v) is 12.5. The summed E-state index contributed by atoms with van der Waals surface area (Å²) < 4.78 is 0. The fraction of sp³-hybridized carbons (Fsp3) is 0.938. The molecular weight excluding hydrogens is 238 g/mol. The Balaban J connectivity index is 2.06. The first-order valence-electron chi connectivity index (χ1n) is 8.15. The second-order valence-electron chi connectivity index (χ2n) is 6.42. The predicted molar refractivity (Wildman–Crippen MR) is 77.2 cm³/mol. The average Bonchev–Trinajstić information content (AvgIpc) is 3.23. The molecule has 0 heterocycles. The molecule has 2 fully saturated rings. The quantitative estimate of drug-likeness (QED) is 0.767. The third kappa shape index (κ3) is 3.71. The number of nitrogens with zero attached hydrogens (tertiary/aromatic N) is 1. The van der Waals surface area contributed by atoms with Gasteiger partial charge in [0.25, 0.3) is 0 Å². The van der Waals surface area contributed by atoms with Gasteiger partial charge in [0.05, 0.1) is 5.92 Å². The lowest BCUT2D eigenvalue weighted by molar-refractivity contribution is -0.146. The molecule has 110 valence electrons. The summed E-state index contributed by atoms with van der Waals surface area (Å²) in [5.41, 5.74) is 0. The number of hydrogen-bond donors (Lipinski definition) is 1. The van der Waals surface area contributed by atoms with Crippen LogP contribution in [-0.2, 0) is 4.79 Å². The van der Waals surface area contributed by atoms with Crippen molar-refractivity contribution < 1.29 is 9.90 Å². The summed E-state index contributed by atoms with van der Waals surface area (Å²) in [5.74, 6) is 0.0467. The average molecular weight is 267 g/mol. The van der Waals surface area contributed by atoms with Gasteiger partial charge in [0, 0.05) is 12.1 Å². The van der Waals surface area contributed by atoms with Crippen molar-refractivity contribution in [2.45, 2.75) is 77.3 Å². The van der Waals surface area contributed by atoms with Gasteiger partial charge in [-0.3, -0.25) is 9.69 Å². The van der Waals surface area contributed by atoms with Crippen LogP contribution in [0.1, 0.15) is 65.2 Å². The summed E-state index contributed by atoms with van der Waals surface area (Å²) in [7, 11) is 0. The van der Waals surface area contributed by atoms with Gasteiger partial charge in [-0.15, -0.1) is 0 Å². The number of unbranched alkanes of at least 4 members (excludes halogenated alkanes) is 1. The highest BCUT2D eigenvalue weighted by Crippen LogP contribution is 2.39. The predicted octanol–water partition coefficient (Wildman–Crippen LogP) is 3.53. The molecular formula is C16H29NO2. The highest BCUT2D eigenvalue weighted by Gasteiger charge is 2.42. The second kappa shape index (κ2) is 6.74. The van der Waals surface area contributed by atoms with Crippen LogP contribution >= 0.6 is 0 Å². The Bertz CT molecular complexity index is 301. The van der Waals surface area contributed by atoms with Crippen LogP contribution in [0, 0.1) is 11.8 Å². The third-order valence-corrected chi connectivity index (χ3v) is 5.03. The molecule has 2 aliphatic carbocycles. The fourth-order valence-corrected chi connectivity index (χ4v) is 3.62. The van der Waals surface area contributed by atoms with Gasteiger partial charge < -0.3 is 5.11 Å². The van der Waals surface area contributed by atoms with Gasteiger partial charge in [-0.25, -0.2) is 0 Å². The van der Waals surface area contributed by atoms with E-state index in [2.05, 4.69) is 18.7 Å². The van der Waals surface area contributed by atoms with Crippen molar-refractivity contribution in [3.8, 4) is 0 Å². The molecule has 0 amide bonds. The monoisotopic (exact) mass is 267 g/mol. The summed E-state index contributed by atoms with van der Waals surface area (Å²) in [6.45, 7) is 5.57. The van der Waals surface area contributed by atoms with Crippen LogP contribution < -0.4 is 0 Å². The Morgan fingerprint density at radius 2 is 1.95 bits per heavy atom. The minimum Gasteiger partial charge on any atom is -0.481 e. The van der Waals surface area contributed by atoms with Crippen molar-refractivity contribution >= 4 is 5.97 Å². The number of hydrogen-bond acceptors (Lipinski definition) is 2. The molecule has 19 heavy (non-hydrogen) atoms. The Morgan fingerprint density at radius 1 is 1.21 bits per heavy atom. The first-order valence-corrected chi connectivity index (χ1v) is 8.15. The highest BCUT2D eigenvalue weighted by atomic mass is 16.4. The van der Waals surface area contributed by atoms with Crippen molar-refractivity contribution in [2.24, 2.45) is 11.8 Å². The lowest BCUT2D eigenvalue weighted by Gasteiger charge is -2.41. The van der Waals surface area contributed by atoms with Gasteiger partial charge in [-0.1, -0.05) is 26.7 Å².